The minimum atomic E-state index is -2.65. The van der Waals surface area contributed by atoms with Crippen LogP contribution in [0.25, 0.3) is 0 Å². The number of rotatable bonds is 5. The van der Waals surface area contributed by atoms with Gasteiger partial charge in [0, 0.05) is 5.54 Å². The second kappa shape index (κ2) is 7.17. The molecule has 3 heteroatoms. The molecule has 0 bridgehead atoms. The molecule has 126 valence electrons. The van der Waals surface area contributed by atoms with E-state index >= 15 is 0 Å². The monoisotopic (exact) mass is 366 g/mol. The van der Waals surface area contributed by atoms with Crippen molar-refractivity contribution < 1.29 is 0 Å². The summed E-state index contributed by atoms with van der Waals surface area (Å²) in [5.41, 5.74) is 4.22. The molecule has 23 heavy (non-hydrogen) atoms. The van der Waals surface area contributed by atoms with Crippen LogP contribution >= 0.6 is 22.2 Å². The lowest BCUT2D eigenvalue weighted by molar-refractivity contribution is 0.812. The first-order valence-electron chi connectivity index (χ1n) is 8.57. The van der Waals surface area contributed by atoms with E-state index in [1.54, 1.807) is 0 Å². The minimum Gasteiger partial charge on any atom is -0.139 e. The smallest absolute Gasteiger partial charge is 0.139 e. The molecule has 1 aliphatic carbocycles. The Bertz CT molecular complexity index is 584. The average molecular weight is 367 g/mol. The molecule has 0 fully saturated rings. The van der Waals surface area contributed by atoms with E-state index in [1.807, 2.05) is 0 Å². The van der Waals surface area contributed by atoms with Gasteiger partial charge in [-0.2, -0.15) is 0 Å². The van der Waals surface area contributed by atoms with Crippen molar-refractivity contribution in [3.05, 3.63) is 53.1 Å². The van der Waals surface area contributed by atoms with Crippen molar-refractivity contribution in [2.75, 3.05) is 0 Å². The second-order valence-electron chi connectivity index (χ2n) is 7.46. The first-order chi connectivity index (χ1) is 10.7. The summed E-state index contributed by atoms with van der Waals surface area (Å²) in [7, 11) is 0. The van der Waals surface area contributed by atoms with Crippen molar-refractivity contribution in [3.8, 4) is 0 Å². The third-order valence-corrected chi connectivity index (χ3v) is 9.74. The predicted molar refractivity (Wildman–Crippen MR) is 108 cm³/mol. The van der Waals surface area contributed by atoms with Gasteiger partial charge in [-0.25, -0.2) is 0 Å². The summed E-state index contributed by atoms with van der Waals surface area (Å²) >= 11 is 14.2. The Hall–Kier alpha value is -0.503. The summed E-state index contributed by atoms with van der Waals surface area (Å²) in [6.45, 7) is 10.8. The van der Waals surface area contributed by atoms with Crippen LogP contribution in [0.3, 0.4) is 0 Å². The summed E-state index contributed by atoms with van der Waals surface area (Å²) in [4.78, 5) is 0. The maximum absolute atomic E-state index is 7.10. The number of halogens is 2. The highest BCUT2D eigenvalue weighted by Gasteiger charge is 2.42. The van der Waals surface area contributed by atoms with Crippen molar-refractivity contribution >= 4 is 34.0 Å². The van der Waals surface area contributed by atoms with Crippen molar-refractivity contribution in [1.82, 2.24) is 0 Å². The summed E-state index contributed by atoms with van der Waals surface area (Å²) in [6.07, 6.45) is 8.42. The van der Waals surface area contributed by atoms with Crippen LogP contribution in [0.15, 0.2) is 36.4 Å². The third kappa shape index (κ3) is 3.78. The van der Waals surface area contributed by atoms with E-state index in [-0.39, 0.29) is 5.54 Å². The van der Waals surface area contributed by atoms with Crippen LogP contribution in [0.1, 0.15) is 76.0 Å². The summed E-state index contributed by atoms with van der Waals surface area (Å²) in [5.74, 6) is 1.34. The fraction of sp³-hybridized carbons (Fsp3) is 0.500. The van der Waals surface area contributed by atoms with Crippen molar-refractivity contribution in [1.29, 1.82) is 0 Å². The molecule has 0 aromatic heterocycles. The van der Waals surface area contributed by atoms with Gasteiger partial charge in [-0.05, 0) is 39.6 Å². The molecule has 2 rings (SSSR count). The summed E-state index contributed by atoms with van der Waals surface area (Å²) in [6, 6.07) is 4.68. The van der Waals surface area contributed by atoms with Crippen LogP contribution in [0.4, 0.5) is 0 Å². The Morgan fingerprint density at radius 1 is 0.783 bits per heavy atom. The molecule has 0 amide bonds. The molecule has 1 aliphatic rings. The topological polar surface area (TPSA) is 0 Å². The normalized spacial score (nSPS) is 15.6. The largest absolute Gasteiger partial charge is 0.291 e. The van der Waals surface area contributed by atoms with Crippen LogP contribution in [0, 0.1) is 0 Å². The van der Waals surface area contributed by atoms with E-state index in [9.17, 15) is 0 Å². The second-order valence-corrected chi connectivity index (χ2v) is 14.0. The predicted octanol–water partition coefficient (Wildman–Crippen LogP) is 6.68. The van der Waals surface area contributed by atoms with E-state index in [4.69, 9.17) is 22.2 Å². The van der Waals surface area contributed by atoms with Gasteiger partial charge in [-0.15, -0.1) is 22.2 Å². The first-order valence-corrected chi connectivity index (χ1v) is 12.7. The Morgan fingerprint density at radius 3 is 1.57 bits per heavy atom. The highest BCUT2D eigenvalue weighted by Crippen LogP contribution is 2.39. The molecule has 0 saturated carbocycles. The lowest BCUT2D eigenvalue weighted by Crippen LogP contribution is -2.45. The summed E-state index contributed by atoms with van der Waals surface area (Å²) < 4.78 is 0. The zero-order valence-electron chi connectivity index (χ0n) is 15.0. The average Bonchev–Trinajstić information content (AvgIpc) is 3.00. The number of hydrogen-bond acceptors (Lipinski definition) is 0. The summed E-state index contributed by atoms with van der Waals surface area (Å²) in [5, 5.41) is 1.25. The number of allylic oxidation sites excluding steroid dienone is 4. The number of benzene rings is 1. The van der Waals surface area contributed by atoms with Crippen molar-refractivity contribution in [2.24, 2.45) is 0 Å². The van der Waals surface area contributed by atoms with Gasteiger partial charge in [0.1, 0.15) is 0 Å². The molecule has 0 nitrogen and oxygen atoms in total. The first kappa shape index (κ1) is 18.8. The van der Waals surface area contributed by atoms with Gasteiger partial charge >= 0.3 is 0 Å². The zero-order chi connectivity index (χ0) is 17.4. The SMILES string of the molecule is CC(C)c1cc(C(C)C)c([Si](Cl)(Cl)C2C=CC=C2)c(C(C)C)c1. The van der Waals surface area contributed by atoms with Crippen LogP contribution < -0.4 is 5.19 Å². The lowest BCUT2D eigenvalue weighted by Gasteiger charge is -2.31. The maximum Gasteiger partial charge on any atom is 0.291 e. The third-order valence-electron chi connectivity index (χ3n) is 4.63. The number of hydrogen-bond donors (Lipinski definition) is 0. The van der Waals surface area contributed by atoms with Gasteiger partial charge in [0.2, 0.25) is 0 Å². The van der Waals surface area contributed by atoms with Gasteiger partial charge < -0.3 is 0 Å². The molecule has 0 atom stereocenters. The van der Waals surface area contributed by atoms with Crippen LogP contribution in [0.5, 0.6) is 0 Å². The van der Waals surface area contributed by atoms with Crippen LogP contribution in [0.2, 0.25) is 5.54 Å². The van der Waals surface area contributed by atoms with Gasteiger partial charge in [-0.1, -0.05) is 78.0 Å². The van der Waals surface area contributed by atoms with Crippen molar-refractivity contribution in [3.63, 3.8) is 0 Å². The molecular weight excluding hydrogens is 339 g/mol. The van der Waals surface area contributed by atoms with Crippen LogP contribution in [-0.4, -0.2) is 6.69 Å². The van der Waals surface area contributed by atoms with Gasteiger partial charge in [0.25, 0.3) is 6.69 Å². The van der Waals surface area contributed by atoms with Gasteiger partial charge in [0.05, 0.1) is 0 Å². The Labute approximate surface area is 152 Å². The minimum absolute atomic E-state index is 0.158. The van der Waals surface area contributed by atoms with E-state index in [1.165, 1.54) is 21.9 Å². The quantitative estimate of drug-likeness (QED) is 0.402. The molecule has 1 aromatic carbocycles. The highest BCUT2D eigenvalue weighted by molar-refractivity contribution is 7.52. The Kier molecular flexibility index (Phi) is 5.87. The molecule has 0 spiro atoms. The molecule has 0 aliphatic heterocycles. The fourth-order valence-corrected chi connectivity index (χ4v) is 7.89. The maximum atomic E-state index is 7.10. The van der Waals surface area contributed by atoms with Crippen molar-refractivity contribution in [2.45, 2.75) is 64.8 Å². The van der Waals surface area contributed by atoms with Gasteiger partial charge in [-0.3, -0.25) is 0 Å². The van der Waals surface area contributed by atoms with Gasteiger partial charge in [0.15, 0.2) is 0 Å². The highest BCUT2D eigenvalue weighted by atomic mass is 35.7. The Balaban J connectivity index is 2.73. The molecule has 0 saturated heterocycles. The molecule has 0 heterocycles. The van der Waals surface area contributed by atoms with E-state index < -0.39 is 6.69 Å². The van der Waals surface area contributed by atoms with Crippen LogP contribution in [-0.2, 0) is 0 Å². The fourth-order valence-electron chi connectivity index (χ4n) is 3.18. The lowest BCUT2D eigenvalue weighted by atomic mass is 9.89. The molecule has 0 N–H and O–H groups in total. The standard InChI is InChI=1S/C20H28Cl2Si/c1-13(2)16-11-18(14(3)4)20(19(12-16)15(5)6)23(21,22)17-9-7-8-10-17/h7-15,17H,1-6H3. The zero-order valence-corrected chi connectivity index (χ0v) is 17.5. The molecule has 1 aromatic rings. The van der Waals surface area contributed by atoms with E-state index in [2.05, 4.69) is 78.0 Å². The molecular formula is C20H28Cl2Si. The molecule has 0 unspecified atom stereocenters. The Morgan fingerprint density at radius 2 is 1.22 bits per heavy atom. The van der Waals surface area contributed by atoms with E-state index in [0.717, 1.165) is 0 Å². The molecule has 0 radical (unpaired) electrons. The van der Waals surface area contributed by atoms with E-state index in [0.29, 0.717) is 17.8 Å².